The number of ether oxygens (including phenoxy) is 1. The molecular formula is C15H15BrClN3O. The molecule has 2 heterocycles. The fourth-order valence-corrected chi connectivity index (χ4v) is 3.13. The van der Waals surface area contributed by atoms with E-state index in [1.54, 1.807) is 6.07 Å². The summed E-state index contributed by atoms with van der Waals surface area (Å²) in [4.78, 5) is 8.59. The first kappa shape index (κ1) is 14.6. The van der Waals surface area contributed by atoms with Crippen LogP contribution in [0, 0.1) is 0 Å². The molecule has 0 amide bonds. The monoisotopic (exact) mass is 367 g/mol. The summed E-state index contributed by atoms with van der Waals surface area (Å²) >= 11 is 9.55. The molecule has 0 saturated heterocycles. The number of fused-ring (bicyclic) bond motifs is 1. The maximum absolute atomic E-state index is 6.01. The maximum atomic E-state index is 6.01. The number of aryl methyl sites for hydroxylation is 1. The number of aromatic nitrogens is 2. The van der Waals surface area contributed by atoms with Crippen molar-refractivity contribution in [3.05, 3.63) is 44.8 Å². The average molecular weight is 369 g/mol. The normalized spacial score (nSPS) is 12.9. The third kappa shape index (κ3) is 3.30. The van der Waals surface area contributed by atoms with Crippen molar-refractivity contribution in [2.24, 2.45) is 0 Å². The number of rotatable bonds is 4. The van der Waals surface area contributed by atoms with E-state index in [-0.39, 0.29) is 0 Å². The van der Waals surface area contributed by atoms with E-state index in [4.69, 9.17) is 16.3 Å². The standard InChI is InChI=1S/C15H15BrClN3O/c1-2-13-19-12(17)7-14(20-13)18-8-10-6-11(16)5-9-3-4-21-15(9)10/h5-7H,2-4,8H2,1H3,(H,18,19,20). The molecule has 0 bridgehead atoms. The zero-order valence-corrected chi connectivity index (χ0v) is 14.0. The summed E-state index contributed by atoms with van der Waals surface area (Å²) in [6.45, 7) is 3.39. The van der Waals surface area contributed by atoms with Crippen LogP contribution < -0.4 is 10.1 Å². The lowest BCUT2D eigenvalue weighted by molar-refractivity contribution is 0.354. The quantitative estimate of drug-likeness (QED) is 0.829. The van der Waals surface area contributed by atoms with Gasteiger partial charge in [0.25, 0.3) is 0 Å². The van der Waals surface area contributed by atoms with Crippen LogP contribution in [0.15, 0.2) is 22.7 Å². The van der Waals surface area contributed by atoms with Gasteiger partial charge in [0, 0.05) is 35.5 Å². The minimum atomic E-state index is 0.458. The van der Waals surface area contributed by atoms with Gasteiger partial charge in [0.1, 0.15) is 22.5 Å². The Bertz CT molecular complexity index is 678. The summed E-state index contributed by atoms with van der Waals surface area (Å²) in [7, 11) is 0. The van der Waals surface area contributed by atoms with E-state index in [1.165, 1.54) is 5.56 Å². The van der Waals surface area contributed by atoms with Gasteiger partial charge in [-0.25, -0.2) is 9.97 Å². The number of nitrogens with one attached hydrogen (secondary N) is 1. The molecule has 1 N–H and O–H groups in total. The van der Waals surface area contributed by atoms with E-state index in [9.17, 15) is 0 Å². The van der Waals surface area contributed by atoms with E-state index < -0.39 is 0 Å². The van der Waals surface area contributed by atoms with Crippen LogP contribution in [-0.2, 0) is 19.4 Å². The van der Waals surface area contributed by atoms with Crippen molar-refractivity contribution in [3.8, 4) is 5.75 Å². The Hall–Kier alpha value is -1.33. The number of anilines is 1. The summed E-state index contributed by atoms with van der Waals surface area (Å²) in [5.74, 6) is 2.46. The first-order chi connectivity index (χ1) is 10.2. The third-order valence-corrected chi connectivity index (χ3v) is 3.99. The van der Waals surface area contributed by atoms with Crippen molar-refractivity contribution in [2.45, 2.75) is 26.3 Å². The van der Waals surface area contributed by atoms with E-state index in [1.807, 2.05) is 6.92 Å². The first-order valence-electron chi connectivity index (χ1n) is 6.87. The summed E-state index contributed by atoms with van der Waals surface area (Å²) in [5.41, 5.74) is 2.36. The van der Waals surface area contributed by atoms with Crippen LogP contribution in [-0.4, -0.2) is 16.6 Å². The molecule has 1 aliphatic heterocycles. The van der Waals surface area contributed by atoms with Gasteiger partial charge in [0.2, 0.25) is 0 Å². The fraction of sp³-hybridized carbons (Fsp3) is 0.333. The van der Waals surface area contributed by atoms with Gasteiger partial charge in [0.15, 0.2) is 0 Å². The molecule has 3 rings (SSSR count). The second-order valence-corrected chi connectivity index (χ2v) is 6.15. The smallest absolute Gasteiger partial charge is 0.134 e. The predicted molar refractivity (Wildman–Crippen MR) is 87.1 cm³/mol. The summed E-state index contributed by atoms with van der Waals surface area (Å²) in [5, 5.41) is 3.76. The highest BCUT2D eigenvalue weighted by Crippen LogP contribution is 2.33. The molecule has 0 unspecified atom stereocenters. The first-order valence-corrected chi connectivity index (χ1v) is 8.04. The summed E-state index contributed by atoms with van der Waals surface area (Å²) < 4.78 is 6.79. The van der Waals surface area contributed by atoms with Crippen molar-refractivity contribution >= 4 is 33.3 Å². The van der Waals surface area contributed by atoms with Crippen LogP contribution in [0.25, 0.3) is 0 Å². The molecule has 21 heavy (non-hydrogen) atoms. The highest BCUT2D eigenvalue weighted by atomic mass is 79.9. The number of hydrogen-bond acceptors (Lipinski definition) is 4. The molecule has 0 radical (unpaired) electrons. The van der Waals surface area contributed by atoms with Gasteiger partial charge in [-0.15, -0.1) is 0 Å². The van der Waals surface area contributed by atoms with Gasteiger partial charge in [-0.2, -0.15) is 0 Å². The van der Waals surface area contributed by atoms with Crippen LogP contribution in [0.2, 0.25) is 5.15 Å². The van der Waals surface area contributed by atoms with Crippen LogP contribution in [0.5, 0.6) is 5.75 Å². The maximum Gasteiger partial charge on any atom is 0.134 e. The minimum Gasteiger partial charge on any atom is -0.493 e. The zero-order chi connectivity index (χ0) is 14.8. The lowest BCUT2D eigenvalue weighted by Crippen LogP contribution is -2.05. The highest BCUT2D eigenvalue weighted by molar-refractivity contribution is 9.10. The molecule has 1 aliphatic rings. The number of benzene rings is 1. The molecule has 1 aromatic heterocycles. The molecule has 0 atom stereocenters. The lowest BCUT2D eigenvalue weighted by Gasteiger charge is -2.11. The van der Waals surface area contributed by atoms with Gasteiger partial charge in [0.05, 0.1) is 6.61 Å². The Morgan fingerprint density at radius 3 is 3.00 bits per heavy atom. The number of nitrogens with zero attached hydrogens (tertiary/aromatic N) is 2. The molecule has 6 heteroatoms. The number of halogens is 2. The second kappa shape index (κ2) is 6.20. The van der Waals surface area contributed by atoms with Crippen molar-refractivity contribution in [1.82, 2.24) is 9.97 Å². The van der Waals surface area contributed by atoms with Crippen molar-refractivity contribution < 1.29 is 4.74 Å². The molecule has 1 aromatic carbocycles. The highest BCUT2D eigenvalue weighted by Gasteiger charge is 2.17. The summed E-state index contributed by atoms with van der Waals surface area (Å²) in [6.07, 6.45) is 1.71. The van der Waals surface area contributed by atoms with E-state index in [0.29, 0.717) is 11.7 Å². The Balaban J connectivity index is 1.81. The van der Waals surface area contributed by atoms with Gasteiger partial charge in [-0.1, -0.05) is 34.5 Å². The van der Waals surface area contributed by atoms with Crippen LogP contribution >= 0.6 is 27.5 Å². The van der Waals surface area contributed by atoms with Crippen molar-refractivity contribution in [1.29, 1.82) is 0 Å². The molecule has 0 aliphatic carbocycles. The molecule has 110 valence electrons. The summed E-state index contributed by atoms with van der Waals surface area (Å²) in [6, 6.07) is 5.92. The molecule has 0 saturated carbocycles. The predicted octanol–water partition coefficient (Wildman–Crippen LogP) is 4.00. The van der Waals surface area contributed by atoms with Gasteiger partial charge in [-0.3, -0.25) is 0 Å². The third-order valence-electron chi connectivity index (χ3n) is 3.34. The van der Waals surface area contributed by atoms with Crippen molar-refractivity contribution in [3.63, 3.8) is 0 Å². The Morgan fingerprint density at radius 1 is 1.33 bits per heavy atom. The average Bonchev–Trinajstić information content (AvgIpc) is 2.92. The second-order valence-electron chi connectivity index (χ2n) is 4.85. The lowest BCUT2D eigenvalue weighted by atomic mass is 10.1. The minimum absolute atomic E-state index is 0.458. The van der Waals surface area contributed by atoms with Crippen LogP contribution in [0.1, 0.15) is 23.9 Å². The molecule has 2 aromatic rings. The Kier molecular flexibility index (Phi) is 4.31. The SMILES string of the molecule is CCc1nc(Cl)cc(NCc2cc(Br)cc3c2OCC3)n1. The topological polar surface area (TPSA) is 47.0 Å². The van der Waals surface area contributed by atoms with E-state index in [0.717, 1.165) is 46.9 Å². The zero-order valence-electron chi connectivity index (χ0n) is 11.6. The van der Waals surface area contributed by atoms with Crippen LogP contribution in [0.3, 0.4) is 0 Å². The van der Waals surface area contributed by atoms with E-state index >= 15 is 0 Å². The largest absolute Gasteiger partial charge is 0.493 e. The van der Waals surface area contributed by atoms with E-state index in [2.05, 4.69) is 43.3 Å². The molecule has 0 fully saturated rings. The molecule has 4 nitrogen and oxygen atoms in total. The molecular weight excluding hydrogens is 354 g/mol. The van der Waals surface area contributed by atoms with Gasteiger partial charge in [-0.05, 0) is 17.7 Å². The Morgan fingerprint density at radius 2 is 2.19 bits per heavy atom. The van der Waals surface area contributed by atoms with Crippen molar-refractivity contribution in [2.75, 3.05) is 11.9 Å². The number of hydrogen-bond donors (Lipinski definition) is 1. The van der Waals surface area contributed by atoms with Gasteiger partial charge < -0.3 is 10.1 Å². The fourth-order valence-electron chi connectivity index (χ4n) is 2.38. The van der Waals surface area contributed by atoms with Gasteiger partial charge >= 0.3 is 0 Å². The van der Waals surface area contributed by atoms with Crippen LogP contribution in [0.4, 0.5) is 5.82 Å². The molecule has 0 spiro atoms. The Labute approximate surface area is 137 Å².